The van der Waals surface area contributed by atoms with Gasteiger partial charge in [0.2, 0.25) is 5.91 Å². The van der Waals surface area contributed by atoms with Gasteiger partial charge in [-0.2, -0.15) is 0 Å². The number of benzodiazepines with no additional fused rings is 1. The molecule has 1 aliphatic heterocycles. The third-order valence-electron chi connectivity index (χ3n) is 3.31. The van der Waals surface area contributed by atoms with Crippen molar-refractivity contribution in [2.24, 2.45) is 4.99 Å². The van der Waals surface area contributed by atoms with Crippen molar-refractivity contribution in [2.45, 2.75) is 13.0 Å². The van der Waals surface area contributed by atoms with Crippen molar-refractivity contribution in [3.63, 3.8) is 0 Å². The van der Waals surface area contributed by atoms with Crippen molar-refractivity contribution in [2.75, 3.05) is 5.32 Å². The van der Waals surface area contributed by atoms with Gasteiger partial charge in [0, 0.05) is 20.6 Å². The molecule has 1 aliphatic rings. The van der Waals surface area contributed by atoms with Gasteiger partial charge < -0.3 is 5.32 Å². The maximum atomic E-state index is 12.0. The number of anilines is 1. The molecule has 1 N–H and O–H groups in total. The SMILES string of the molecule is C[C@@H]1N=C(c2ccc(Cl)cc2)c2cc(Br)ccc2NC1=O. The topological polar surface area (TPSA) is 41.5 Å². The molecule has 3 nitrogen and oxygen atoms in total. The third kappa shape index (κ3) is 2.87. The van der Waals surface area contributed by atoms with E-state index >= 15 is 0 Å². The second-order valence-electron chi connectivity index (χ2n) is 4.84. The van der Waals surface area contributed by atoms with Gasteiger partial charge in [0.05, 0.1) is 11.4 Å². The molecule has 0 radical (unpaired) electrons. The molecule has 5 heteroatoms. The van der Waals surface area contributed by atoms with E-state index in [4.69, 9.17) is 11.6 Å². The van der Waals surface area contributed by atoms with Crippen LogP contribution in [-0.2, 0) is 4.79 Å². The van der Waals surface area contributed by atoms with E-state index in [9.17, 15) is 4.79 Å². The summed E-state index contributed by atoms with van der Waals surface area (Å²) in [6, 6.07) is 12.8. The zero-order valence-electron chi connectivity index (χ0n) is 11.2. The number of carbonyl (C=O) groups excluding carboxylic acids is 1. The van der Waals surface area contributed by atoms with Crippen molar-refractivity contribution in [3.05, 3.63) is 63.1 Å². The summed E-state index contributed by atoms with van der Waals surface area (Å²) in [5, 5.41) is 3.58. The summed E-state index contributed by atoms with van der Waals surface area (Å²) in [4.78, 5) is 16.6. The lowest BCUT2D eigenvalue weighted by Gasteiger charge is -2.10. The van der Waals surface area contributed by atoms with Crippen LogP contribution in [0.5, 0.6) is 0 Å². The summed E-state index contributed by atoms with van der Waals surface area (Å²) in [5.41, 5.74) is 3.38. The van der Waals surface area contributed by atoms with Crippen LogP contribution in [0.2, 0.25) is 5.02 Å². The minimum Gasteiger partial charge on any atom is -0.324 e. The Kier molecular flexibility index (Phi) is 3.83. The van der Waals surface area contributed by atoms with Gasteiger partial charge in [0.25, 0.3) is 0 Å². The third-order valence-corrected chi connectivity index (χ3v) is 4.06. The molecule has 2 aromatic carbocycles. The summed E-state index contributed by atoms with van der Waals surface area (Å²) >= 11 is 9.42. The molecular formula is C16H12BrClN2O. The van der Waals surface area contributed by atoms with Crippen LogP contribution in [-0.4, -0.2) is 17.7 Å². The van der Waals surface area contributed by atoms with E-state index in [0.29, 0.717) is 5.02 Å². The first-order valence-electron chi connectivity index (χ1n) is 6.49. The number of nitrogens with one attached hydrogen (secondary N) is 1. The van der Waals surface area contributed by atoms with E-state index in [1.807, 2.05) is 42.5 Å². The van der Waals surface area contributed by atoms with E-state index < -0.39 is 6.04 Å². The number of nitrogens with zero attached hydrogens (tertiary/aromatic N) is 1. The lowest BCUT2D eigenvalue weighted by Crippen LogP contribution is -2.22. The number of benzene rings is 2. The normalized spacial score (nSPS) is 17.6. The summed E-state index contributed by atoms with van der Waals surface area (Å²) in [7, 11) is 0. The van der Waals surface area contributed by atoms with Crippen LogP contribution in [0.15, 0.2) is 51.9 Å². The molecule has 106 valence electrons. The Bertz CT molecular complexity index is 740. The predicted molar refractivity (Wildman–Crippen MR) is 89.3 cm³/mol. The lowest BCUT2D eigenvalue weighted by atomic mass is 10.0. The minimum absolute atomic E-state index is 0.109. The smallest absolute Gasteiger partial charge is 0.248 e. The van der Waals surface area contributed by atoms with Crippen LogP contribution in [0.25, 0.3) is 0 Å². The number of hydrogen-bond acceptors (Lipinski definition) is 2. The van der Waals surface area contributed by atoms with Crippen molar-refractivity contribution >= 4 is 44.8 Å². The molecule has 1 amide bonds. The minimum atomic E-state index is -0.443. The van der Waals surface area contributed by atoms with Crippen LogP contribution >= 0.6 is 27.5 Å². The number of amides is 1. The van der Waals surface area contributed by atoms with Crippen LogP contribution < -0.4 is 5.32 Å². The highest BCUT2D eigenvalue weighted by molar-refractivity contribution is 9.10. The average molecular weight is 364 g/mol. The fourth-order valence-corrected chi connectivity index (χ4v) is 2.71. The molecule has 0 saturated carbocycles. The summed E-state index contributed by atoms with van der Waals surface area (Å²) < 4.78 is 0.937. The summed E-state index contributed by atoms with van der Waals surface area (Å²) in [5.74, 6) is -0.109. The first-order chi connectivity index (χ1) is 10.0. The van der Waals surface area contributed by atoms with Crippen LogP contribution in [0.1, 0.15) is 18.1 Å². The molecule has 1 atom stereocenters. The van der Waals surface area contributed by atoms with Crippen molar-refractivity contribution < 1.29 is 4.79 Å². The van der Waals surface area contributed by atoms with Crippen molar-refractivity contribution in [1.29, 1.82) is 0 Å². The first kappa shape index (κ1) is 14.3. The molecule has 0 fully saturated rings. The highest BCUT2D eigenvalue weighted by Crippen LogP contribution is 2.27. The zero-order valence-corrected chi connectivity index (χ0v) is 13.6. The van der Waals surface area contributed by atoms with Crippen molar-refractivity contribution in [1.82, 2.24) is 0 Å². The number of aliphatic imine (C=N–C) groups is 1. The molecule has 3 rings (SSSR count). The Balaban J connectivity index is 2.21. The molecule has 21 heavy (non-hydrogen) atoms. The number of halogens is 2. The standard InChI is InChI=1S/C16H12BrClN2O/c1-9-16(21)20-14-7-4-11(17)8-13(14)15(19-9)10-2-5-12(18)6-3-10/h2-9H,1H3,(H,20,21)/t9-/m0/s1. The first-order valence-corrected chi connectivity index (χ1v) is 7.66. The molecule has 0 spiro atoms. The number of carbonyl (C=O) groups is 1. The maximum absolute atomic E-state index is 12.0. The Morgan fingerprint density at radius 2 is 1.90 bits per heavy atom. The highest BCUT2D eigenvalue weighted by atomic mass is 79.9. The second-order valence-corrected chi connectivity index (χ2v) is 6.19. The maximum Gasteiger partial charge on any atom is 0.248 e. The molecule has 0 aliphatic carbocycles. The molecule has 0 saturated heterocycles. The Hall–Kier alpha value is -1.65. The quantitative estimate of drug-likeness (QED) is 0.807. The van der Waals surface area contributed by atoms with Crippen LogP contribution in [0.3, 0.4) is 0 Å². The molecule has 0 unspecified atom stereocenters. The van der Waals surface area contributed by atoms with E-state index in [1.54, 1.807) is 6.92 Å². The van der Waals surface area contributed by atoms with Gasteiger partial charge in [-0.05, 0) is 37.3 Å². The Labute approximate surface area is 136 Å². The van der Waals surface area contributed by atoms with E-state index in [1.165, 1.54) is 0 Å². The van der Waals surface area contributed by atoms with E-state index in [0.717, 1.165) is 27.0 Å². The molecule has 2 aromatic rings. The fraction of sp³-hybridized carbons (Fsp3) is 0.125. The number of hydrogen-bond donors (Lipinski definition) is 1. The molecule has 1 heterocycles. The van der Waals surface area contributed by atoms with Crippen molar-refractivity contribution in [3.8, 4) is 0 Å². The second kappa shape index (κ2) is 5.62. The van der Waals surface area contributed by atoms with Crippen LogP contribution in [0.4, 0.5) is 5.69 Å². The molecule has 0 aromatic heterocycles. The number of rotatable bonds is 1. The largest absolute Gasteiger partial charge is 0.324 e. The van der Waals surface area contributed by atoms with Gasteiger partial charge in [-0.1, -0.05) is 39.7 Å². The summed E-state index contributed by atoms with van der Waals surface area (Å²) in [6.45, 7) is 1.78. The fourth-order valence-electron chi connectivity index (χ4n) is 2.22. The lowest BCUT2D eigenvalue weighted by molar-refractivity contribution is -0.116. The van der Waals surface area contributed by atoms with Gasteiger partial charge in [-0.3, -0.25) is 9.79 Å². The Morgan fingerprint density at radius 1 is 1.19 bits per heavy atom. The highest BCUT2D eigenvalue weighted by Gasteiger charge is 2.22. The number of fused-ring (bicyclic) bond motifs is 1. The Morgan fingerprint density at radius 3 is 2.62 bits per heavy atom. The van der Waals surface area contributed by atoms with Gasteiger partial charge >= 0.3 is 0 Å². The van der Waals surface area contributed by atoms with Gasteiger partial charge in [0.15, 0.2) is 0 Å². The average Bonchev–Trinajstić information content (AvgIpc) is 2.58. The molecule has 0 bridgehead atoms. The van der Waals surface area contributed by atoms with Crippen LogP contribution in [0, 0.1) is 0 Å². The zero-order chi connectivity index (χ0) is 15.0. The predicted octanol–water partition coefficient (Wildman–Crippen LogP) is 4.28. The summed E-state index contributed by atoms with van der Waals surface area (Å²) in [6.07, 6.45) is 0. The van der Waals surface area contributed by atoms with Gasteiger partial charge in [0.1, 0.15) is 6.04 Å². The van der Waals surface area contributed by atoms with Gasteiger partial charge in [-0.15, -0.1) is 0 Å². The molecular weight excluding hydrogens is 352 g/mol. The monoisotopic (exact) mass is 362 g/mol. The van der Waals surface area contributed by atoms with E-state index in [2.05, 4.69) is 26.2 Å². The van der Waals surface area contributed by atoms with Gasteiger partial charge in [-0.25, -0.2) is 0 Å². The van der Waals surface area contributed by atoms with E-state index in [-0.39, 0.29) is 5.91 Å².